The lowest BCUT2D eigenvalue weighted by Crippen LogP contribution is -2.48. The molecule has 308 valence electrons. The fraction of sp³-hybridized carbons (Fsp3) is 0.600. The van der Waals surface area contributed by atoms with Crippen LogP contribution in [0.5, 0.6) is 5.88 Å². The van der Waals surface area contributed by atoms with E-state index in [2.05, 4.69) is 10.1 Å². The van der Waals surface area contributed by atoms with Crippen LogP contribution >= 0.6 is 11.3 Å². The molecule has 4 amide bonds. The summed E-state index contributed by atoms with van der Waals surface area (Å²) >= 11 is 1.56. The van der Waals surface area contributed by atoms with E-state index in [9.17, 15) is 24.3 Å². The van der Waals surface area contributed by atoms with Crippen molar-refractivity contribution in [3.8, 4) is 16.3 Å². The second-order valence-electron chi connectivity index (χ2n) is 15.6. The molecule has 16 heteroatoms. The summed E-state index contributed by atoms with van der Waals surface area (Å²) in [5.74, 6) is -1.08. The third-order valence-corrected chi connectivity index (χ3v) is 10.3. The molecule has 1 aliphatic rings. The number of aryl methyl sites for hydroxylation is 1. The largest absolute Gasteiger partial charge is 0.476 e. The van der Waals surface area contributed by atoms with Gasteiger partial charge >= 0.3 is 6.09 Å². The minimum Gasteiger partial charge on any atom is -0.476 e. The molecule has 4 rings (SSSR count). The zero-order chi connectivity index (χ0) is 41.2. The number of anilines is 1. The number of amides is 4. The normalized spacial score (nSPS) is 16.2. The molecule has 0 saturated carbocycles. The molecule has 3 atom stereocenters. The Hall–Kier alpha value is -4.54. The van der Waals surface area contributed by atoms with E-state index in [1.165, 1.54) is 19.6 Å². The summed E-state index contributed by atoms with van der Waals surface area (Å²) in [6.45, 7) is 12.7. The first-order valence-corrected chi connectivity index (χ1v) is 20.0. The third-order valence-electron chi connectivity index (χ3n) is 9.37. The van der Waals surface area contributed by atoms with E-state index in [4.69, 9.17) is 18.7 Å². The lowest BCUT2D eigenvalue weighted by Gasteiger charge is -2.31. The van der Waals surface area contributed by atoms with Gasteiger partial charge in [0, 0.05) is 72.0 Å². The molecule has 0 radical (unpaired) electrons. The molecule has 0 spiro atoms. The van der Waals surface area contributed by atoms with Crippen molar-refractivity contribution in [2.45, 2.75) is 90.9 Å². The molecular formula is C40H58N6O9S. The van der Waals surface area contributed by atoms with Crippen LogP contribution in [0.4, 0.5) is 10.5 Å². The van der Waals surface area contributed by atoms with Crippen molar-refractivity contribution in [3.05, 3.63) is 47.3 Å². The van der Waals surface area contributed by atoms with Gasteiger partial charge in [-0.15, -0.1) is 11.3 Å². The number of nitrogens with zero attached hydrogens (tertiary/aromatic N) is 6. The number of aliphatic hydroxyl groups is 1. The maximum atomic E-state index is 14.1. The molecule has 3 heterocycles. The fourth-order valence-electron chi connectivity index (χ4n) is 6.29. The maximum Gasteiger partial charge on any atom is 0.410 e. The van der Waals surface area contributed by atoms with Crippen LogP contribution in [0.15, 0.2) is 40.4 Å². The van der Waals surface area contributed by atoms with E-state index >= 15 is 0 Å². The highest BCUT2D eigenvalue weighted by Gasteiger charge is 2.44. The highest BCUT2D eigenvalue weighted by Crippen LogP contribution is 2.34. The Morgan fingerprint density at radius 3 is 2.36 bits per heavy atom. The number of ether oxygens (including phenoxy) is 3. The van der Waals surface area contributed by atoms with E-state index in [1.807, 2.05) is 45.0 Å². The highest BCUT2D eigenvalue weighted by molar-refractivity contribution is 7.13. The molecule has 1 aliphatic heterocycles. The molecule has 1 N–H and O–H groups in total. The zero-order valence-corrected chi connectivity index (χ0v) is 35.0. The van der Waals surface area contributed by atoms with E-state index in [0.717, 1.165) is 16.1 Å². The van der Waals surface area contributed by atoms with Crippen molar-refractivity contribution in [1.82, 2.24) is 24.8 Å². The number of carbonyl (C=O) groups is 4. The van der Waals surface area contributed by atoms with Gasteiger partial charge in [-0.25, -0.2) is 9.78 Å². The number of hydrogen-bond donors (Lipinski definition) is 1. The van der Waals surface area contributed by atoms with E-state index in [-0.39, 0.29) is 68.6 Å². The van der Waals surface area contributed by atoms with Gasteiger partial charge in [-0.3, -0.25) is 14.4 Å². The van der Waals surface area contributed by atoms with Gasteiger partial charge in [-0.1, -0.05) is 26.0 Å². The molecule has 1 saturated heterocycles. The van der Waals surface area contributed by atoms with Crippen LogP contribution < -0.4 is 9.64 Å². The number of benzene rings is 1. The van der Waals surface area contributed by atoms with Gasteiger partial charge in [-0.05, 0) is 69.3 Å². The molecule has 1 aromatic carbocycles. The summed E-state index contributed by atoms with van der Waals surface area (Å²) in [6.07, 6.45) is 0.314. The Labute approximate surface area is 333 Å². The summed E-state index contributed by atoms with van der Waals surface area (Å²) in [6, 6.07) is 8.39. The Kier molecular flexibility index (Phi) is 15.8. The van der Waals surface area contributed by atoms with Gasteiger partial charge in [0.1, 0.15) is 17.6 Å². The summed E-state index contributed by atoms with van der Waals surface area (Å²) in [7, 11) is 5.02. The SMILES string of the molecule is Cc1ncsc1-c1ccc(N(C)C(=O)[C@@H]2C[C@@H](O)CN2C(=O)[C@H](c2cc(OCCCCOCCN(CCC(=O)N(C)C)C(=O)OC(C)(C)C)no2)C(C)C)cc1. The number of likely N-dealkylation sites (N-methyl/N-ethyl adjacent to an activating group) is 1. The first-order valence-electron chi connectivity index (χ1n) is 19.1. The predicted molar refractivity (Wildman–Crippen MR) is 213 cm³/mol. The van der Waals surface area contributed by atoms with Crippen LogP contribution in [0.2, 0.25) is 0 Å². The van der Waals surface area contributed by atoms with Crippen molar-refractivity contribution in [3.63, 3.8) is 0 Å². The number of β-amino-alcohol motifs (C(OH)–C–C–N with tert-alkyl or cyclic N) is 1. The predicted octanol–water partition coefficient (Wildman–Crippen LogP) is 5.36. The molecule has 2 aromatic heterocycles. The Morgan fingerprint density at radius 1 is 1.04 bits per heavy atom. The van der Waals surface area contributed by atoms with Crippen LogP contribution in [0.3, 0.4) is 0 Å². The smallest absolute Gasteiger partial charge is 0.410 e. The lowest BCUT2D eigenvalue weighted by atomic mass is 9.91. The molecule has 1 fully saturated rings. The van der Waals surface area contributed by atoms with Gasteiger partial charge < -0.3 is 43.4 Å². The van der Waals surface area contributed by atoms with Crippen LogP contribution in [0.1, 0.15) is 77.7 Å². The van der Waals surface area contributed by atoms with Gasteiger partial charge in [0.15, 0.2) is 5.76 Å². The number of aromatic nitrogens is 2. The summed E-state index contributed by atoms with van der Waals surface area (Å²) in [4.78, 5) is 64.0. The van der Waals surface area contributed by atoms with Crippen LogP contribution in [0.25, 0.3) is 10.4 Å². The van der Waals surface area contributed by atoms with Crippen LogP contribution in [0, 0.1) is 12.8 Å². The van der Waals surface area contributed by atoms with E-state index in [1.54, 1.807) is 64.8 Å². The van der Waals surface area contributed by atoms with Crippen molar-refractivity contribution in [2.75, 3.05) is 65.5 Å². The van der Waals surface area contributed by atoms with Gasteiger partial charge in [0.2, 0.25) is 17.7 Å². The first-order chi connectivity index (χ1) is 26.5. The average Bonchev–Trinajstić information content (AvgIpc) is 3.89. The number of thiazole rings is 1. The summed E-state index contributed by atoms with van der Waals surface area (Å²) in [5, 5.41) is 14.7. The molecule has 0 aliphatic carbocycles. The third kappa shape index (κ3) is 12.2. The van der Waals surface area contributed by atoms with Crippen molar-refractivity contribution in [2.24, 2.45) is 5.92 Å². The maximum absolute atomic E-state index is 14.1. The summed E-state index contributed by atoms with van der Waals surface area (Å²) < 4.78 is 22.7. The Morgan fingerprint density at radius 2 is 1.73 bits per heavy atom. The standard InChI is InChI=1S/C40H58N6O9S/c1-26(2)35(38(50)46-24-30(47)22-31(46)37(49)44(9)29-14-12-28(13-15-29)36-27(3)41-25-56-36)32-23-33(42-55-32)53-20-11-10-19-52-21-18-45(17-16-34(48)43(7)8)39(51)54-40(4,5)6/h12-15,23,25-26,30-31,35,47H,10-11,16-22,24H2,1-9H3/t30-,31+,35+/m1/s1. The number of aliphatic hydroxyl groups excluding tert-OH is 1. The van der Waals surface area contributed by atoms with Crippen molar-refractivity contribution < 1.29 is 43.0 Å². The fourth-order valence-corrected chi connectivity index (χ4v) is 7.10. The number of unbranched alkanes of at least 4 members (excludes halogenated alkanes) is 1. The second kappa shape index (κ2) is 20.1. The number of hydrogen-bond acceptors (Lipinski definition) is 12. The number of likely N-dealkylation sites (tertiary alicyclic amines) is 1. The minimum absolute atomic E-state index is 0.0324. The molecule has 0 unspecified atom stereocenters. The average molecular weight is 799 g/mol. The molecule has 0 bridgehead atoms. The highest BCUT2D eigenvalue weighted by atomic mass is 32.1. The summed E-state index contributed by atoms with van der Waals surface area (Å²) in [5.41, 5.74) is 3.77. The number of carbonyl (C=O) groups excluding carboxylic acids is 4. The quantitative estimate of drug-likeness (QED) is 0.165. The van der Waals surface area contributed by atoms with Gasteiger partial charge in [-0.2, -0.15) is 0 Å². The molecule has 56 heavy (non-hydrogen) atoms. The van der Waals surface area contributed by atoms with Crippen molar-refractivity contribution in [1.29, 1.82) is 0 Å². The zero-order valence-electron chi connectivity index (χ0n) is 34.1. The Bertz CT molecular complexity index is 1750. The molecule has 15 nitrogen and oxygen atoms in total. The monoisotopic (exact) mass is 798 g/mol. The minimum atomic E-state index is -0.847. The second-order valence-corrected chi connectivity index (χ2v) is 16.4. The van der Waals surface area contributed by atoms with Gasteiger partial charge in [0.05, 0.1) is 35.4 Å². The van der Waals surface area contributed by atoms with E-state index in [0.29, 0.717) is 37.5 Å². The lowest BCUT2D eigenvalue weighted by molar-refractivity contribution is -0.140. The first kappa shape index (κ1) is 44.2. The van der Waals surface area contributed by atoms with Crippen LogP contribution in [-0.4, -0.2) is 132 Å². The van der Waals surface area contributed by atoms with E-state index < -0.39 is 29.8 Å². The molecular weight excluding hydrogens is 741 g/mol. The molecule has 3 aromatic rings. The van der Waals surface area contributed by atoms with Crippen molar-refractivity contribution >= 4 is 40.8 Å². The topological polar surface area (TPSA) is 168 Å². The Balaban J connectivity index is 1.26. The number of rotatable bonds is 18. The van der Waals surface area contributed by atoms with Gasteiger partial charge in [0.25, 0.3) is 5.88 Å². The van der Waals surface area contributed by atoms with Crippen LogP contribution in [-0.2, 0) is 23.9 Å².